The quantitative estimate of drug-likeness (QED) is 0.922. The molecule has 0 aromatic carbocycles. The van der Waals surface area contributed by atoms with E-state index in [-0.39, 0.29) is 12.1 Å². The molecule has 0 fully saturated rings. The average molecular weight is 322 g/mol. The highest BCUT2D eigenvalue weighted by Crippen LogP contribution is 2.22. The molecule has 23 heavy (non-hydrogen) atoms. The lowest BCUT2D eigenvalue weighted by atomic mass is 10.0. The van der Waals surface area contributed by atoms with Crippen molar-refractivity contribution in [3.05, 3.63) is 12.4 Å². The number of nitrogens with one attached hydrogen (secondary N) is 1. The van der Waals surface area contributed by atoms with Crippen LogP contribution in [0.25, 0.3) is 5.70 Å². The average Bonchev–Trinajstić information content (AvgIpc) is 2.84. The van der Waals surface area contributed by atoms with Gasteiger partial charge >= 0.3 is 12.1 Å². The number of nitrogens with zero attached hydrogens (tertiary/aromatic N) is 3. The fourth-order valence-corrected chi connectivity index (χ4v) is 2.32. The first kappa shape index (κ1) is 17.3. The first-order valence-electron chi connectivity index (χ1n) is 8.02. The second-order valence-electron chi connectivity index (χ2n) is 6.94. The standard InChI is InChI=1S/C16H26N4O3/c1-11(2)22-14-17-10-20(19-14)13-8-6-7-12(9-13)18-15(21)23-16(3,4)5/h9-12H,6-8H2,1-5H3,(H,18,21). The summed E-state index contributed by atoms with van der Waals surface area (Å²) in [5.41, 5.74) is 0.503. The molecule has 1 aromatic rings. The maximum atomic E-state index is 11.9. The van der Waals surface area contributed by atoms with Crippen LogP contribution in [0.3, 0.4) is 0 Å². The molecular weight excluding hydrogens is 296 g/mol. The minimum atomic E-state index is -0.500. The number of allylic oxidation sites excluding steroid dienone is 1. The van der Waals surface area contributed by atoms with Crippen LogP contribution in [0.1, 0.15) is 53.9 Å². The molecule has 0 radical (unpaired) electrons. The molecule has 0 saturated heterocycles. The molecule has 1 aromatic heterocycles. The topological polar surface area (TPSA) is 78.3 Å². The van der Waals surface area contributed by atoms with Gasteiger partial charge in [0, 0.05) is 5.70 Å². The number of carbonyl (C=O) groups excluding carboxylic acids is 1. The van der Waals surface area contributed by atoms with Crippen molar-refractivity contribution in [1.82, 2.24) is 20.1 Å². The number of hydrogen-bond acceptors (Lipinski definition) is 5. The Morgan fingerprint density at radius 1 is 1.43 bits per heavy atom. The zero-order valence-electron chi connectivity index (χ0n) is 14.5. The summed E-state index contributed by atoms with van der Waals surface area (Å²) in [5, 5.41) is 7.20. The van der Waals surface area contributed by atoms with E-state index in [9.17, 15) is 4.79 Å². The van der Waals surface area contributed by atoms with E-state index in [4.69, 9.17) is 9.47 Å². The van der Waals surface area contributed by atoms with E-state index in [0.717, 1.165) is 25.0 Å². The van der Waals surface area contributed by atoms with Gasteiger partial charge in [0.25, 0.3) is 0 Å². The first-order chi connectivity index (χ1) is 10.7. The van der Waals surface area contributed by atoms with E-state index < -0.39 is 11.7 Å². The Morgan fingerprint density at radius 3 is 2.83 bits per heavy atom. The Hall–Kier alpha value is -2.05. The molecule has 7 heteroatoms. The molecule has 128 valence electrons. The molecule has 1 heterocycles. The van der Waals surface area contributed by atoms with Crippen LogP contribution in [-0.4, -0.2) is 38.6 Å². The van der Waals surface area contributed by atoms with Gasteiger partial charge in [0.2, 0.25) is 0 Å². The van der Waals surface area contributed by atoms with Gasteiger partial charge in [0.05, 0.1) is 12.1 Å². The summed E-state index contributed by atoms with van der Waals surface area (Å²) in [4.78, 5) is 16.0. The van der Waals surface area contributed by atoms with Gasteiger partial charge in [-0.3, -0.25) is 0 Å². The second-order valence-corrected chi connectivity index (χ2v) is 6.94. The van der Waals surface area contributed by atoms with E-state index in [2.05, 4.69) is 15.4 Å². The number of hydrogen-bond donors (Lipinski definition) is 1. The highest BCUT2D eigenvalue weighted by atomic mass is 16.6. The lowest BCUT2D eigenvalue weighted by molar-refractivity contribution is 0.0511. The fraction of sp³-hybridized carbons (Fsp3) is 0.688. The molecule has 1 aliphatic rings. The maximum Gasteiger partial charge on any atom is 0.408 e. The number of ether oxygens (including phenoxy) is 2. The normalized spacial score (nSPS) is 18.5. The summed E-state index contributed by atoms with van der Waals surface area (Å²) >= 11 is 0. The van der Waals surface area contributed by atoms with Gasteiger partial charge in [0.15, 0.2) is 0 Å². The van der Waals surface area contributed by atoms with E-state index in [1.165, 1.54) is 0 Å². The van der Waals surface area contributed by atoms with Crippen LogP contribution < -0.4 is 10.1 Å². The van der Waals surface area contributed by atoms with E-state index in [1.54, 1.807) is 11.0 Å². The summed E-state index contributed by atoms with van der Waals surface area (Å²) < 4.78 is 12.5. The van der Waals surface area contributed by atoms with Crippen molar-refractivity contribution < 1.29 is 14.3 Å². The zero-order chi connectivity index (χ0) is 17.0. The third-order valence-corrected chi connectivity index (χ3v) is 3.15. The number of alkyl carbamates (subject to hydrolysis) is 1. The highest BCUT2D eigenvalue weighted by Gasteiger charge is 2.21. The minimum absolute atomic E-state index is 0.0350. The third-order valence-electron chi connectivity index (χ3n) is 3.15. The predicted molar refractivity (Wildman–Crippen MR) is 87.1 cm³/mol. The number of rotatable bonds is 4. The Labute approximate surface area is 137 Å². The Balaban J connectivity index is 2.01. The summed E-state index contributed by atoms with van der Waals surface area (Å²) in [5.74, 6) is 0. The van der Waals surface area contributed by atoms with Crippen molar-refractivity contribution in [3.63, 3.8) is 0 Å². The number of aromatic nitrogens is 3. The first-order valence-corrected chi connectivity index (χ1v) is 8.02. The molecule has 1 atom stereocenters. The van der Waals surface area contributed by atoms with Gasteiger partial charge in [-0.1, -0.05) is 0 Å². The van der Waals surface area contributed by atoms with Crippen molar-refractivity contribution >= 4 is 11.8 Å². The van der Waals surface area contributed by atoms with Gasteiger partial charge < -0.3 is 14.8 Å². The molecule has 1 amide bonds. The molecule has 7 nitrogen and oxygen atoms in total. The summed E-state index contributed by atoms with van der Waals surface area (Å²) in [6, 6.07) is 0.301. The van der Waals surface area contributed by atoms with Gasteiger partial charge in [-0.25, -0.2) is 9.48 Å². The zero-order valence-corrected chi connectivity index (χ0v) is 14.5. The van der Waals surface area contributed by atoms with E-state index in [0.29, 0.717) is 6.01 Å². The molecule has 1 unspecified atom stereocenters. The van der Waals surface area contributed by atoms with Crippen molar-refractivity contribution in [1.29, 1.82) is 0 Å². The van der Waals surface area contributed by atoms with Crippen LogP contribution in [0.2, 0.25) is 0 Å². The fourth-order valence-electron chi connectivity index (χ4n) is 2.32. The molecule has 1 N–H and O–H groups in total. The molecule has 0 spiro atoms. The van der Waals surface area contributed by atoms with Crippen LogP contribution in [0.5, 0.6) is 6.01 Å². The van der Waals surface area contributed by atoms with Crippen LogP contribution in [0, 0.1) is 0 Å². The van der Waals surface area contributed by atoms with Crippen molar-refractivity contribution in [2.45, 2.75) is 71.6 Å². The van der Waals surface area contributed by atoms with Crippen molar-refractivity contribution in [3.8, 4) is 6.01 Å². The number of carbonyl (C=O) groups is 1. The SMILES string of the molecule is CC(C)Oc1ncn(C2=CC(NC(=O)OC(C)(C)C)CCC2)n1. The van der Waals surface area contributed by atoms with Crippen molar-refractivity contribution in [2.24, 2.45) is 0 Å². The van der Waals surface area contributed by atoms with Crippen LogP contribution in [0.4, 0.5) is 4.79 Å². The lowest BCUT2D eigenvalue weighted by Gasteiger charge is -2.25. The van der Waals surface area contributed by atoms with Crippen LogP contribution >= 0.6 is 0 Å². The van der Waals surface area contributed by atoms with E-state index in [1.807, 2.05) is 40.7 Å². The molecule has 0 bridgehead atoms. The monoisotopic (exact) mass is 322 g/mol. The van der Waals surface area contributed by atoms with Gasteiger partial charge in [-0.15, -0.1) is 5.10 Å². The van der Waals surface area contributed by atoms with E-state index >= 15 is 0 Å². The predicted octanol–water partition coefficient (Wildman–Crippen LogP) is 2.98. The Morgan fingerprint density at radius 2 is 2.17 bits per heavy atom. The van der Waals surface area contributed by atoms with Crippen LogP contribution in [-0.2, 0) is 4.74 Å². The summed E-state index contributed by atoms with van der Waals surface area (Å²) in [7, 11) is 0. The van der Waals surface area contributed by atoms with Gasteiger partial charge in [0.1, 0.15) is 11.9 Å². The summed E-state index contributed by atoms with van der Waals surface area (Å²) in [6.07, 6.45) is 6.01. The van der Waals surface area contributed by atoms with Crippen LogP contribution in [0.15, 0.2) is 12.4 Å². The second kappa shape index (κ2) is 7.02. The molecule has 0 aliphatic heterocycles. The number of amides is 1. The Kier molecular flexibility index (Phi) is 5.28. The largest absolute Gasteiger partial charge is 0.460 e. The van der Waals surface area contributed by atoms with Gasteiger partial charge in [-0.2, -0.15) is 4.98 Å². The minimum Gasteiger partial charge on any atom is -0.460 e. The lowest BCUT2D eigenvalue weighted by Crippen LogP contribution is -2.39. The molecule has 2 rings (SSSR count). The maximum absolute atomic E-state index is 11.9. The smallest absolute Gasteiger partial charge is 0.408 e. The van der Waals surface area contributed by atoms with Crippen molar-refractivity contribution in [2.75, 3.05) is 0 Å². The Bertz CT molecular complexity index is 572. The molecule has 0 saturated carbocycles. The summed E-state index contributed by atoms with van der Waals surface area (Å²) in [6.45, 7) is 9.41. The highest BCUT2D eigenvalue weighted by molar-refractivity contribution is 5.69. The third kappa shape index (κ3) is 5.58. The molecular formula is C16H26N4O3. The van der Waals surface area contributed by atoms with Gasteiger partial charge in [-0.05, 0) is 60.0 Å². The molecule has 1 aliphatic carbocycles.